The number of pyridine rings is 1. The van der Waals surface area contributed by atoms with E-state index in [1.54, 1.807) is 12.5 Å². The Hall–Kier alpha value is -2.30. The number of nitrogens with zero attached hydrogens (tertiary/aromatic N) is 3. The van der Waals surface area contributed by atoms with Crippen LogP contribution in [0, 0.1) is 6.92 Å². The summed E-state index contributed by atoms with van der Waals surface area (Å²) in [5.41, 5.74) is 8.61. The van der Waals surface area contributed by atoms with Crippen LogP contribution in [0.15, 0.2) is 35.1 Å². The third kappa shape index (κ3) is 1.56. The van der Waals surface area contributed by atoms with Crippen LogP contribution in [0.2, 0.25) is 0 Å². The fourth-order valence-electron chi connectivity index (χ4n) is 1.87. The summed E-state index contributed by atoms with van der Waals surface area (Å²) in [5, 5.41) is 0. The van der Waals surface area contributed by atoms with Crippen LogP contribution in [0.25, 0.3) is 11.2 Å². The quantitative estimate of drug-likeness (QED) is 0.728. The zero-order valence-corrected chi connectivity index (χ0v) is 9.42. The topological polar surface area (TPSA) is 69.9 Å². The summed E-state index contributed by atoms with van der Waals surface area (Å²) in [7, 11) is 0. The first-order valence-corrected chi connectivity index (χ1v) is 5.35. The fourth-order valence-corrected chi connectivity index (χ4v) is 1.87. The second-order valence-corrected chi connectivity index (χ2v) is 3.94. The molecule has 17 heavy (non-hydrogen) atoms. The van der Waals surface area contributed by atoms with Crippen molar-refractivity contribution in [2.24, 2.45) is 0 Å². The average molecular weight is 228 g/mol. The van der Waals surface area contributed by atoms with Crippen LogP contribution in [0.1, 0.15) is 11.3 Å². The van der Waals surface area contributed by atoms with E-state index in [0.29, 0.717) is 12.5 Å². The summed E-state index contributed by atoms with van der Waals surface area (Å²) in [5.74, 6) is 1.29. The molecule has 3 aromatic heterocycles. The molecule has 0 bridgehead atoms. The molecule has 5 heteroatoms. The number of aromatic nitrogens is 3. The summed E-state index contributed by atoms with van der Waals surface area (Å²) in [6.45, 7) is 2.54. The van der Waals surface area contributed by atoms with Crippen LogP contribution in [-0.2, 0) is 6.54 Å². The summed E-state index contributed by atoms with van der Waals surface area (Å²) >= 11 is 0. The molecule has 0 saturated carbocycles. The first kappa shape index (κ1) is 9.89. The van der Waals surface area contributed by atoms with Crippen molar-refractivity contribution in [1.29, 1.82) is 0 Å². The van der Waals surface area contributed by atoms with Crippen molar-refractivity contribution in [1.82, 2.24) is 14.5 Å². The number of rotatable bonds is 2. The number of aryl methyl sites for hydroxylation is 1. The molecule has 3 heterocycles. The second kappa shape index (κ2) is 3.62. The standard InChI is InChI=1S/C12H12N4O/c1-8-4-5-14-11-10(8)15-12(13)16(11)7-9-3-2-6-17-9/h2-6H,7H2,1H3,(H2,13,15). The normalized spacial score (nSPS) is 11.1. The molecule has 0 fully saturated rings. The highest BCUT2D eigenvalue weighted by atomic mass is 16.3. The Labute approximate surface area is 97.9 Å². The molecule has 0 saturated heterocycles. The third-order valence-electron chi connectivity index (χ3n) is 2.76. The number of nitrogen functional groups attached to an aromatic ring is 1. The zero-order valence-electron chi connectivity index (χ0n) is 9.42. The van der Waals surface area contributed by atoms with Gasteiger partial charge in [0.2, 0.25) is 5.95 Å². The lowest BCUT2D eigenvalue weighted by Gasteiger charge is -2.02. The monoisotopic (exact) mass is 228 g/mol. The van der Waals surface area contributed by atoms with E-state index >= 15 is 0 Å². The molecule has 0 aliphatic carbocycles. The van der Waals surface area contributed by atoms with E-state index in [0.717, 1.165) is 22.5 Å². The molecule has 3 aromatic rings. The predicted molar refractivity (Wildman–Crippen MR) is 64.5 cm³/mol. The summed E-state index contributed by atoms with van der Waals surface area (Å²) in [4.78, 5) is 8.65. The van der Waals surface area contributed by atoms with Gasteiger partial charge in [0.1, 0.15) is 11.3 Å². The van der Waals surface area contributed by atoms with Gasteiger partial charge in [-0.15, -0.1) is 0 Å². The third-order valence-corrected chi connectivity index (χ3v) is 2.76. The summed E-state index contributed by atoms with van der Waals surface area (Å²) < 4.78 is 7.16. The van der Waals surface area contributed by atoms with Gasteiger partial charge < -0.3 is 10.2 Å². The molecule has 0 atom stereocenters. The maximum Gasteiger partial charge on any atom is 0.202 e. The number of hydrogen-bond acceptors (Lipinski definition) is 4. The SMILES string of the molecule is Cc1ccnc2c1nc(N)n2Cc1ccco1. The van der Waals surface area contributed by atoms with Gasteiger partial charge in [0, 0.05) is 6.20 Å². The van der Waals surface area contributed by atoms with Crippen molar-refractivity contribution < 1.29 is 4.42 Å². The van der Waals surface area contributed by atoms with Gasteiger partial charge in [0.15, 0.2) is 5.65 Å². The van der Waals surface area contributed by atoms with Crippen LogP contribution in [0.4, 0.5) is 5.95 Å². The Morgan fingerprint density at radius 1 is 1.41 bits per heavy atom. The number of anilines is 1. The molecular formula is C12H12N4O. The molecule has 0 radical (unpaired) electrons. The van der Waals surface area contributed by atoms with Gasteiger partial charge in [-0.1, -0.05) is 0 Å². The maximum absolute atomic E-state index is 5.91. The van der Waals surface area contributed by atoms with Gasteiger partial charge in [0.05, 0.1) is 12.8 Å². The molecule has 2 N–H and O–H groups in total. The Balaban J connectivity index is 2.16. The minimum atomic E-state index is 0.457. The lowest BCUT2D eigenvalue weighted by Crippen LogP contribution is -2.04. The maximum atomic E-state index is 5.91. The molecule has 0 amide bonds. The van der Waals surface area contributed by atoms with Crippen molar-refractivity contribution in [3.8, 4) is 0 Å². The zero-order chi connectivity index (χ0) is 11.8. The highest BCUT2D eigenvalue weighted by Gasteiger charge is 2.12. The van der Waals surface area contributed by atoms with E-state index in [2.05, 4.69) is 9.97 Å². The molecule has 0 aromatic carbocycles. The highest BCUT2D eigenvalue weighted by Crippen LogP contribution is 2.20. The van der Waals surface area contributed by atoms with Crippen LogP contribution in [-0.4, -0.2) is 14.5 Å². The minimum absolute atomic E-state index is 0.457. The first-order chi connectivity index (χ1) is 8.25. The van der Waals surface area contributed by atoms with Crippen LogP contribution >= 0.6 is 0 Å². The van der Waals surface area contributed by atoms with Gasteiger partial charge in [-0.05, 0) is 30.7 Å². The molecule has 5 nitrogen and oxygen atoms in total. The lowest BCUT2D eigenvalue weighted by atomic mass is 10.3. The first-order valence-electron chi connectivity index (χ1n) is 5.35. The average Bonchev–Trinajstić information content (AvgIpc) is 2.91. The number of furan rings is 1. The van der Waals surface area contributed by atoms with E-state index in [4.69, 9.17) is 10.2 Å². The Morgan fingerprint density at radius 3 is 3.06 bits per heavy atom. The van der Waals surface area contributed by atoms with Crippen LogP contribution in [0.3, 0.4) is 0 Å². The van der Waals surface area contributed by atoms with E-state index in [-0.39, 0.29) is 0 Å². The van der Waals surface area contributed by atoms with E-state index in [9.17, 15) is 0 Å². The smallest absolute Gasteiger partial charge is 0.202 e. The van der Waals surface area contributed by atoms with Crippen molar-refractivity contribution in [3.63, 3.8) is 0 Å². The Bertz CT molecular complexity index is 655. The number of hydrogen-bond donors (Lipinski definition) is 1. The minimum Gasteiger partial charge on any atom is -0.467 e. The summed E-state index contributed by atoms with van der Waals surface area (Å²) in [6, 6.07) is 5.68. The summed E-state index contributed by atoms with van der Waals surface area (Å²) in [6.07, 6.45) is 3.40. The van der Waals surface area contributed by atoms with E-state index < -0.39 is 0 Å². The fraction of sp³-hybridized carbons (Fsp3) is 0.167. The number of fused-ring (bicyclic) bond motifs is 1. The van der Waals surface area contributed by atoms with Gasteiger partial charge in [-0.3, -0.25) is 4.57 Å². The van der Waals surface area contributed by atoms with Crippen molar-refractivity contribution in [3.05, 3.63) is 42.0 Å². The molecule has 0 aliphatic heterocycles. The number of nitrogens with two attached hydrogens (primary N) is 1. The van der Waals surface area contributed by atoms with Crippen molar-refractivity contribution >= 4 is 17.1 Å². The van der Waals surface area contributed by atoms with Gasteiger partial charge in [-0.2, -0.15) is 0 Å². The van der Waals surface area contributed by atoms with Gasteiger partial charge in [-0.25, -0.2) is 9.97 Å². The van der Waals surface area contributed by atoms with Crippen LogP contribution < -0.4 is 5.73 Å². The van der Waals surface area contributed by atoms with Gasteiger partial charge in [0.25, 0.3) is 0 Å². The molecule has 86 valence electrons. The van der Waals surface area contributed by atoms with Crippen molar-refractivity contribution in [2.45, 2.75) is 13.5 Å². The largest absolute Gasteiger partial charge is 0.467 e. The Kier molecular flexibility index (Phi) is 2.11. The molecule has 0 unspecified atom stereocenters. The van der Waals surface area contributed by atoms with Crippen LogP contribution in [0.5, 0.6) is 0 Å². The Morgan fingerprint density at radius 2 is 2.29 bits per heavy atom. The highest BCUT2D eigenvalue weighted by molar-refractivity contribution is 5.77. The predicted octanol–water partition coefficient (Wildman–Crippen LogP) is 1.96. The van der Waals surface area contributed by atoms with E-state index in [1.165, 1.54) is 0 Å². The van der Waals surface area contributed by atoms with Crippen molar-refractivity contribution in [2.75, 3.05) is 5.73 Å². The second-order valence-electron chi connectivity index (χ2n) is 3.94. The molecule has 3 rings (SSSR count). The number of imidazole rings is 1. The molecular weight excluding hydrogens is 216 g/mol. The lowest BCUT2D eigenvalue weighted by molar-refractivity contribution is 0.497. The molecule has 0 spiro atoms. The van der Waals surface area contributed by atoms with E-state index in [1.807, 2.05) is 29.7 Å². The van der Waals surface area contributed by atoms with Gasteiger partial charge >= 0.3 is 0 Å². The molecule has 0 aliphatic rings.